The van der Waals surface area contributed by atoms with Crippen molar-refractivity contribution in [3.8, 4) is 0 Å². The zero-order valence-corrected chi connectivity index (χ0v) is 17.8. The number of fused-ring (bicyclic) bond motifs is 2. The van der Waals surface area contributed by atoms with Gasteiger partial charge in [0.15, 0.2) is 5.96 Å². The van der Waals surface area contributed by atoms with Crippen molar-refractivity contribution in [3.05, 3.63) is 18.2 Å². The molecule has 4 rings (SSSR count). The summed E-state index contributed by atoms with van der Waals surface area (Å²) in [6, 6.07) is 0.882. The first-order valence-electron chi connectivity index (χ1n) is 11.5. The second kappa shape index (κ2) is 9.29. The number of piperazine rings is 1. The molecule has 0 spiro atoms. The summed E-state index contributed by atoms with van der Waals surface area (Å²) < 4.78 is 2.23. The summed E-state index contributed by atoms with van der Waals surface area (Å²) in [6.45, 7) is 11.8. The van der Waals surface area contributed by atoms with Crippen LogP contribution < -0.4 is 5.32 Å². The number of rotatable bonds is 7. The van der Waals surface area contributed by atoms with Gasteiger partial charge in [0.1, 0.15) is 5.82 Å². The van der Waals surface area contributed by atoms with Gasteiger partial charge < -0.3 is 14.8 Å². The van der Waals surface area contributed by atoms with Gasteiger partial charge in [0.2, 0.25) is 0 Å². The summed E-state index contributed by atoms with van der Waals surface area (Å²) in [5.41, 5.74) is 0. The minimum atomic E-state index is 0.882. The number of aliphatic imine (C=N–C) groups is 1. The Morgan fingerprint density at radius 2 is 2.04 bits per heavy atom. The molecule has 3 atom stereocenters. The molecule has 1 aromatic heterocycles. The highest BCUT2D eigenvalue weighted by Gasteiger charge is 2.42. The van der Waals surface area contributed by atoms with Crippen molar-refractivity contribution in [2.75, 3.05) is 39.3 Å². The van der Waals surface area contributed by atoms with Crippen LogP contribution in [0.4, 0.5) is 0 Å². The van der Waals surface area contributed by atoms with Gasteiger partial charge in [0.05, 0.1) is 0 Å². The quantitative estimate of drug-likeness (QED) is 0.445. The molecule has 1 aromatic rings. The van der Waals surface area contributed by atoms with Gasteiger partial charge in [-0.25, -0.2) is 4.98 Å². The molecule has 3 unspecified atom stereocenters. The second-order valence-corrected chi connectivity index (χ2v) is 8.88. The highest BCUT2D eigenvalue weighted by molar-refractivity contribution is 5.80. The standard InChI is InChI=1S/C22H38N6/c1-3-23-22(25-8-4-5-10-26-11-9-24-18(26)2)28-14-12-27(13-15-28)21-17-19-6-7-20(21)16-19/h9,11,19-21H,3-8,10,12-17H2,1-2H3,(H,23,25). The number of nitrogens with one attached hydrogen (secondary N) is 1. The number of unbranched alkanes of at least 4 members (excludes halogenated alkanes) is 1. The first kappa shape index (κ1) is 19.7. The number of aryl methyl sites for hydroxylation is 2. The Morgan fingerprint density at radius 1 is 1.18 bits per heavy atom. The van der Waals surface area contributed by atoms with Crippen LogP contribution in [0.1, 0.15) is 51.3 Å². The van der Waals surface area contributed by atoms with Gasteiger partial charge in [-0.2, -0.15) is 0 Å². The van der Waals surface area contributed by atoms with Crippen molar-refractivity contribution in [1.29, 1.82) is 0 Å². The van der Waals surface area contributed by atoms with Crippen molar-refractivity contribution >= 4 is 5.96 Å². The zero-order valence-electron chi connectivity index (χ0n) is 17.8. The van der Waals surface area contributed by atoms with Gasteiger partial charge in [-0.1, -0.05) is 6.42 Å². The summed E-state index contributed by atoms with van der Waals surface area (Å²) in [6.07, 6.45) is 12.2. The van der Waals surface area contributed by atoms with E-state index in [2.05, 4.69) is 44.7 Å². The van der Waals surface area contributed by atoms with E-state index in [4.69, 9.17) is 4.99 Å². The van der Waals surface area contributed by atoms with Gasteiger partial charge in [-0.3, -0.25) is 9.89 Å². The molecule has 3 aliphatic rings. The average molecular weight is 387 g/mol. The van der Waals surface area contributed by atoms with Crippen LogP contribution in [0.5, 0.6) is 0 Å². The Balaban J connectivity index is 1.21. The van der Waals surface area contributed by atoms with Crippen molar-refractivity contribution in [2.24, 2.45) is 16.8 Å². The SMILES string of the molecule is CCNC(=NCCCCn1ccnc1C)N1CCN(C2CC3CCC2C3)CC1. The number of imidazole rings is 1. The monoisotopic (exact) mass is 386 g/mol. The summed E-state index contributed by atoms with van der Waals surface area (Å²) in [7, 11) is 0. The molecule has 6 nitrogen and oxygen atoms in total. The van der Waals surface area contributed by atoms with Gasteiger partial charge in [0.25, 0.3) is 0 Å². The molecule has 1 saturated heterocycles. The third-order valence-electron chi connectivity index (χ3n) is 7.11. The summed E-state index contributed by atoms with van der Waals surface area (Å²) in [4.78, 5) is 14.5. The largest absolute Gasteiger partial charge is 0.357 e. The third-order valence-corrected chi connectivity index (χ3v) is 7.11. The van der Waals surface area contributed by atoms with Gasteiger partial charge in [-0.05, 0) is 57.8 Å². The predicted octanol–water partition coefficient (Wildman–Crippen LogP) is 2.74. The molecule has 3 fully saturated rings. The fraction of sp³-hybridized carbons (Fsp3) is 0.818. The van der Waals surface area contributed by atoms with E-state index in [9.17, 15) is 0 Å². The average Bonchev–Trinajstić information content (AvgIpc) is 3.45. The van der Waals surface area contributed by atoms with E-state index >= 15 is 0 Å². The number of hydrogen-bond donors (Lipinski definition) is 1. The van der Waals surface area contributed by atoms with Crippen LogP contribution in [-0.4, -0.2) is 70.6 Å². The molecule has 0 radical (unpaired) electrons. The van der Waals surface area contributed by atoms with Gasteiger partial charge >= 0.3 is 0 Å². The Morgan fingerprint density at radius 3 is 2.68 bits per heavy atom. The smallest absolute Gasteiger partial charge is 0.194 e. The topological polar surface area (TPSA) is 48.7 Å². The van der Waals surface area contributed by atoms with E-state index in [0.717, 1.165) is 75.2 Å². The first-order valence-corrected chi connectivity index (χ1v) is 11.5. The van der Waals surface area contributed by atoms with E-state index in [1.54, 1.807) is 0 Å². The molecule has 0 aromatic carbocycles. The van der Waals surface area contributed by atoms with E-state index in [-0.39, 0.29) is 0 Å². The number of guanidine groups is 1. The van der Waals surface area contributed by atoms with Gasteiger partial charge in [-0.15, -0.1) is 0 Å². The highest BCUT2D eigenvalue weighted by Crippen LogP contribution is 2.46. The Labute approximate surface area is 170 Å². The lowest BCUT2D eigenvalue weighted by atomic mass is 9.93. The van der Waals surface area contributed by atoms with Crippen molar-refractivity contribution in [2.45, 2.75) is 65.0 Å². The molecule has 6 heteroatoms. The minimum Gasteiger partial charge on any atom is -0.357 e. The Bertz CT molecular complexity index is 645. The lowest BCUT2D eigenvalue weighted by Crippen LogP contribution is -2.55. The molecule has 2 aliphatic carbocycles. The van der Waals surface area contributed by atoms with E-state index in [1.807, 2.05) is 6.20 Å². The van der Waals surface area contributed by atoms with Crippen LogP contribution in [0.25, 0.3) is 0 Å². The zero-order chi connectivity index (χ0) is 19.3. The van der Waals surface area contributed by atoms with Crippen molar-refractivity contribution in [1.82, 2.24) is 24.7 Å². The summed E-state index contributed by atoms with van der Waals surface area (Å²) >= 11 is 0. The summed E-state index contributed by atoms with van der Waals surface area (Å²) in [5, 5.41) is 3.52. The number of aromatic nitrogens is 2. The van der Waals surface area contributed by atoms with Crippen molar-refractivity contribution < 1.29 is 0 Å². The maximum absolute atomic E-state index is 4.93. The van der Waals surface area contributed by atoms with Crippen LogP contribution in [-0.2, 0) is 6.54 Å². The fourth-order valence-corrected chi connectivity index (χ4v) is 5.57. The van der Waals surface area contributed by atoms with Crippen molar-refractivity contribution in [3.63, 3.8) is 0 Å². The molecule has 2 saturated carbocycles. The lowest BCUT2D eigenvalue weighted by molar-refractivity contribution is 0.0958. The van der Waals surface area contributed by atoms with Crippen LogP contribution in [0.15, 0.2) is 17.4 Å². The second-order valence-electron chi connectivity index (χ2n) is 8.88. The lowest BCUT2D eigenvalue weighted by Gasteiger charge is -2.42. The molecule has 156 valence electrons. The van der Waals surface area contributed by atoms with Crippen LogP contribution >= 0.6 is 0 Å². The predicted molar refractivity (Wildman–Crippen MR) is 115 cm³/mol. The van der Waals surface area contributed by atoms with E-state index < -0.39 is 0 Å². The van der Waals surface area contributed by atoms with Crippen LogP contribution in [0.3, 0.4) is 0 Å². The Hall–Kier alpha value is -1.56. The maximum Gasteiger partial charge on any atom is 0.194 e. The molecule has 1 aliphatic heterocycles. The molecule has 2 heterocycles. The molecule has 28 heavy (non-hydrogen) atoms. The third kappa shape index (κ3) is 4.53. The number of hydrogen-bond acceptors (Lipinski definition) is 3. The number of nitrogens with zero attached hydrogens (tertiary/aromatic N) is 5. The maximum atomic E-state index is 4.93. The fourth-order valence-electron chi connectivity index (χ4n) is 5.57. The highest BCUT2D eigenvalue weighted by atomic mass is 15.4. The normalized spacial score (nSPS) is 28.3. The Kier molecular flexibility index (Phi) is 6.55. The molecule has 0 amide bonds. The minimum absolute atomic E-state index is 0.882. The van der Waals surface area contributed by atoms with Gasteiger partial charge in [0, 0.05) is 64.2 Å². The molecule has 1 N–H and O–H groups in total. The van der Waals surface area contributed by atoms with E-state index in [1.165, 1.54) is 38.8 Å². The molecular weight excluding hydrogens is 348 g/mol. The van der Waals surface area contributed by atoms with E-state index in [0.29, 0.717) is 0 Å². The van der Waals surface area contributed by atoms with Crippen LogP contribution in [0.2, 0.25) is 0 Å². The first-order chi connectivity index (χ1) is 13.7. The summed E-state index contributed by atoms with van der Waals surface area (Å²) in [5.74, 6) is 4.26. The molecular formula is C22H38N6. The van der Waals surface area contributed by atoms with Crippen LogP contribution in [0, 0.1) is 18.8 Å². The molecule has 2 bridgehead atoms.